The second-order valence-electron chi connectivity index (χ2n) is 4.54. The van der Waals surface area contributed by atoms with E-state index in [-0.39, 0.29) is 0 Å². The van der Waals surface area contributed by atoms with Crippen LogP contribution in [0.1, 0.15) is 43.8 Å². The van der Waals surface area contributed by atoms with E-state index in [0.29, 0.717) is 12.1 Å². The van der Waals surface area contributed by atoms with Gasteiger partial charge in [-0.25, -0.2) is 9.97 Å². The fraction of sp³-hybridized carbons (Fsp3) is 0.692. The Bertz CT molecular complexity index is 312. The molecule has 0 radical (unpaired) electrons. The molecule has 0 spiro atoms. The summed E-state index contributed by atoms with van der Waals surface area (Å²) in [5.74, 6) is 0. The van der Waals surface area contributed by atoms with Crippen LogP contribution in [0.5, 0.6) is 0 Å². The third kappa shape index (κ3) is 3.75. The fourth-order valence-corrected chi connectivity index (χ4v) is 2.37. The molecule has 2 unspecified atom stereocenters. The van der Waals surface area contributed by atoms with Crippen LogP contribution in [0, 0.1) is 0 Å². The van der Waals surface area contributed by atoms with Crippen LogP contribution in [0.15, 0.2) is 18.6 Å². The molecule has 1 saturated heterocycles. The van der Waals surface area contributed by atoms with Crippen LogP contribution in [0.3, 0.4) is 0 Å². The summed E-state index contributed by atoms with van der Waals surface area (Å²) in [6.07, 6.45) is 9.82. The highest BCUT2D eigenvalue weighted by atomic mass is 16.5. The molecule has 1 aromatic heterocycles. The number of ether oxygens (including phenoxy) is 1. The average molecular weight is 235 g/mol. The zero-order valence-corrected chi connectivity index (χ0v) is 10.4. The Morgan fingerprint density at radius 1 is 1.59 bits per heavy atom. The van der Waals surface area contributed by atoms with Gasteiger partial charge in [-0.1, -0.05) is 0 Å². The molecule has 94 valence electrons. The third-order valence-electron chi connectivity index (χ3n) is 3.35. The molecule has 1 N–H and O–H groups in total. The van der Waals surface area contributed by atoms with Gasteiger partial charge in [0.2, 0.25) is 0 Å². The molecule has 2 atom stereocenters. The third-order valence-corrected chi connectivity index (χ3v) is 3.35. The maximum absolute atomic E-state index is 5.63. The summed E-state index contributed by atoms with van der Waals surface area (Å²) in [5.41, 5.74) is 1.08. The highest BCUT2D eigenvalue weighted by Gasteiger charge is 2.16. The van der Waals surface area contributed by atoms with Gasteiger partial charge in [-0.2, -0.15) is 0 Å². The number of rotatable bonds is 6. The van der Waals surface area contributed by atoms with E-state index in [9.17, 15) is 0 Å². The molecule has 17 heavy (non-hydrogen) atoms. The molecule has 0 saturated carbocycles. The standard InChI is InChI=1S/C13H21N3O/c1-14-12(13-7-8-15-10-16-13)6-2-4-11-5-3-9-17-11/h7-8,10-12,14H,2-6,9H2,1H3. The van der Waals surface area contributed by atoms with Crippen molar-refractivity contribution in [1.82, 2.24) is 15.3 Å². The first-order chi connectivity index (χ1) is 8.40. The molecule has 0 bridgehead atoms. The second-order valence-corrected chi connectivity index (χ2v) is 4.54. The predicted molar refractivity (Wildman–Crippen MR) is 66.7 cm³/mol. The van der Waals surface area contributed by atoms with Crippen LogP contribution in [0.2, 0.25) is 0 Å². The summed E-state index contributed by atoms with van der Waals surface area (Å²) >= 11 is 0. The second kappa shape index (κ2) is 6.67. The van der Waals surface area contributed by atoms with E-state index in [0.717, 1.165) is 18.7 Å². The Labute approximate surface area is 103 Å². The molecule has 2 heterocycles. The van der Waals surface area contributed by atoms with Crippen LogP contribution in [0.4, 0.5) is 0 Å². The average Bonchev–Trinajstić information content (AvgIpc) is 2.89. The molecule has 2 rings (SSSR count). The van der Waals surface area contributed by atoms with E-state index in [1.54, 1.807) is 12.5 Å². The smallest absolute Gasteiger partial charge is 0.115 e. The van der Waals surface area contributed by atoms with Crippen molar-refractivity contribution in [3.05, 3.63) is 24.3 Å². The van der Waals surface area contributed by atoms with Crippen LogP contribution in [-0.4, -0.2) is 29.7 Å². The Morgan fingerprint density at radius 2 is 2.53 bits per heavy atom. The topological polar surface area (TPSA) is 47.0 Å². The maximum Gasteiger partial charge on any atom is 0.115 e. The van der Waals surface area contributed by atoms with E-state index in [2.05, 4.69) is 15.3 Å². The van der Waals surface area contributed by atoms with E-state index >= 15 is 0 Å². The molecular formula is C13H21N3O. The summed E-state index contributed by atoms with van der Waals surface area (Å²) in [7, 11) is 1.98. The summed E-state index contributed by atoms with van der Waals surface area (Å²) in [6.45, 7) is 0.950. The van der Waals surface area contributed by atoms with Gasteiger partial charge in [-0.3, -0.25) is 0 Å². The molecule has 1 fully saturated rings. The summed E-state index contributed by atoms with van der Waals surface area (Å²) < 4.78 is 5.63. The van der Waals surface area contributed by atoms with Crippen molar-refractivity contribution in [1.29, 1.82) is 0 Å². The highest BCUT2D eigenvalue weighted by molar-refractivity contribution is 5.04. The highest BCUT2D eigenvalue weighted by Crippen LogP contribution is 2.21. The van der Waals surface area contributed by atoms with E-state index in [4.69, 9.17) is 4.74 Å². The zero-order valence-electron chi connectivity index (χ0n) is 10.4. The van der Waals surface area contributed by atoms with Crippen molar-refractivity contribution < 1.29 is 4.74 Å². The largest absolute Gasteiger partial charge is 0.378 e. The first-order valence-electron chi connectivity index (χ1n) is 6.45. The lowest BCUT2D eigenvalue weighted by atomic mass is 10.0. The summed E-state index contributed by atoms with van der Waals surface area (Å²) in [4.78, 5) is 8.24. The molecular weight excluding hydrogens is 214 g/mol. The van der Waals surface area contributed by atoms with Crippen molar-refractivity contribution in [3.63, 3.8) is 0 Å². The van der Waals surface area contributed by atoms with Crippen molar-refractivity contribution >= 4 is 0 Å². The molecule has 4 heteroatoms. The van der Waals surface area contributed by atoms with Gasteiger partial charge in [0.1, 0.15) is 6.33 Å². The molecule has 0 aromatic carbocycles. The van der Waals surface area contributed by atoms with Gasteiger partial charge < -0.3 is 10.1 Å². The van der Waals surface area contributed by atoms with Crippen molar-refractivity contribution in [3.8, 4) is 0 Å². The molecule has 1 aliphatic heterocycles. The van der Waals surface area contributed by atoms with Crippen molar-refractivity contribution in [2.24, 2.45) is 0 Å². The van der Waals surface area contributed by atoms with E-state index in [1.807, 2.05) is 13.1 Å². The molecule has 4 nitrogen and oxygen atoms in total. The Balaban J connectivity index is 1.75. The van der Waals surface area contributed by atoms with Crippen molar-refractivity contribution in [2.45, 2.75) is 44.2 Å². The van der Waals surface area contributed by atoms with Gasteiger partial charge in [0, 0.05) is 18.8 Å². The molecule has 0 amide bonds. The fourth-order valence-electron chi connectivity index (χ4n) is 2.37. The number of nitrogens with one attached hydrogen (secondary N) is 1. The van der Waals surface area contributed by atoms with Crippen LogP contribution in [-0.2, 0) is 4.74 Å². The molecule has 1 aromatic rings. The Morgan fingerprint density at radius 3 is 3.18 bits per heavy atom. The Kier molecular flexibility index (Phi) is 4.88. The number of hydrogen-bond donors (Lipinski definition) is 1. The zero-order chi connectivity index (χ0) is 11.9. The Hall–Kier alpha value is -1.00. The van der Waals surface area contributed by atoms with Gasteiger partial charge in [-0.15, -0.1) is 0 Å². The summed E-state index contributed by atoms with van der Waals surface area (Å²) in [6, 6.07) is 2.31. The van der Waals surface area contributed by atoms with Gasteiger partial charge in [0.25, 0.3) is 0 Å². The van der Waals surface area contributed by atoms with Crippen LogP contribution < -0.4 is 5.32 Å². The quantitative estimate of drug-likeness (QED) is 0.820. The minimum atomic E-state index is 0.333. The maximum atomic E-state index is 5.63. The number of hydrogen-bond acceptors (Lipinski definition) is 4. The molecule has 0 aliphatic carbocycles. The number of nitrogens with zero attached hydrogens (tertiary/aromatic N) is 2. The lowest BCUT2D eigenvalue weighted by molar-refractivity contribution is 0.101. The lowest BCUT2D eigenvalue weighted by Crippen LogP contribution is -2.18. The van der Waals surface area contributed by atoms with Gasteiger partial charge in [-0.05, 0) is 45.2 Å². The van der Waals surface area contributed by atoms with Gasteiger partial charge >= 0.3 is 0 Å². The lowest BCUT2D eigenvalue weighted by Gasteiger charge is -2.16. The predicted octanol–water partition coefficient (Wildman–Crippen LogP) is 2.09. The SMILES string of the molecule is CNC(CCCC1CCCO1)c1ccncn1. The number of aromatic nitrogens is 2. The van der Waals surface area contributed by atoms with Gasteiger partial charge in [0.15, 0.2) is 0 Å². The monoisotopic (exact) mass is 235 g/mol. The molecule has 1 aliphatic rings. The first kappa shape index (κ1) is 12.5. The van der Waals surface area contributed by atoms with Gasteiger partial charge in [0.05, 0.1) is 11.8 Å². The minimum Gasteiger partial charge on any atom is -0.378 e. The van der Waals surface area contributed by atoms with Crippen LogP contribution in [0.25, 0.3) is 0 Å². The normalized spacial score (nSPS) is 21.6. The first-order valence-corrected chi connectivity index (χ1v) is 6.45. The van der Waals surface area contributed by atoms with Crippen molar-refractivity contribution in [2.75, 3.05) is 13.7 Å². The van der Waals surface area contributed by atoms with E-state index < -0.39 is 0 Å². The van der Waals surface area contributed by atoms with Crippen LogP contribution >= 0.6 is 0 Å². The summed E-state index contributed by atoms with van der Waals surface area (Å²) in [5, 5.41) is 3.31. The van der Waals surface area contributed by atoms with E-state index in [1.165, 1.54) is 25.7 Å². The minimum absolute atomic E-state index is 0.333.